The number of nitrogen functional groups attached to an aromatic ring is 1. The summed E-state index contributed by atoms with van der Waals surface area (Å²) in [6, 6.07) is 3.62. The zero-order valence-corrected chi connectivity index (χ0v) is 8.18. The second-order valence-electron chi connectivity index (χ2n) is 3.21. The van der Waals surface area contributed by atoms with Crippen LogP contribution in [0.5, 0.6) is 0 Å². The number of hydrogen-bond donors (Lipinski definition) is 1. The summed E-state index contributed by atoms with van der Waals surface area (Å²) in [5.41, 5.74) is 7.44. The van der Waals surface area contributed by atoms with Gasteiger partial charge in [0.05, 0.1) is 23.6 Å². The third kappa shape index (κ3) is 1.65. The Kier molecular flexibility index (Phi) is 2.10. The summed E-state index contributed by atoms with van der Waals surface area (Å²) in [7, 11) is 0. The molecular weight excluding hydrogens is 190 g/mol. The maximum absolute atomic E-state index is 8.92. The molecule has 5 nitrogen and oxygen atoms in total. The van der Waals surface area contributed by atoms with E-state index in [-0.39, 0.29) is 0 Å². The average Bonchev–Trinajstić information content (AvgIpc) is 2.64. The first kappa shape index (κ1) is 9.21. The Bertz CT molecular complexity index is 535. The minimum Gasteiger partial charge on any atom is -0.397 e. The fourth-order valence-corrected chi connectivity index (χ4v) is 1.27. The molecule has 0 saturated carbocycles. The highest BCUT2D eigenvalue weighted by Crippen LogP contribution is 2.13. The number of rotatable bonds is 1. The van der Waals surface area contributed by atoms with Crippen LogP contribution in [-0.4, -0.2) is 14.8 Å². The Morgan fingerprint density at radius 3 is 2.87 bits per heavy atom. The molecule has 74 valence electrons. The van der Waals surface area contributed by atoms with Gasteiger partial charge in [-0.2, -0.15) is 10.4 Å². The summed E-state index contributed by atoms with van der Waals surface area (Å²) < 4.78 is 1.56. The predicted molar refractivity (Wildman–Crippen MR) is 55.2 cm³/mol. The van der Waals surface area contributed by atoms with Crippen molar-refractivity contribution in [3.63, 3.8) is 0 Å². The summed E-state index contributed by atoms with van der Waals surface area (Å²) in [6.45, 7) is 1.92. The second-order valence-corrected chi connectivity index (χ2v) is 3.21. The van der Waals surface area contributed by atoms with Crippen LogP contribution >= 0.6 is 0 Å². The summed E-state index contributed by atoms with van der Waals surface area (Å²) in [4.78, 5) is 4.09. The van der Waals surface area contributed by atoms with Crippen molar-refractivity contribution in [2.24, 2.45) is 0 Å². The molecule has 2 N–H and O–H groups in total. The number of aryl methyl sites for hydroxylation is 1. The topological polar surface area (TPSA) is 80.5 Å². The van der Waals surface area contributed by atoms with Gasteiger partial charge in [-0.1, -0.05) is 0 Å². The number of aromatic nitrogens is 3. The van der Waals surface area contributed by atoms with E-state index >= 15 is 0 Å². The van der Waals surface area contributed by atoms with Crippen molar-refractivity contribution in [2.45, 2.75) is 6.92 Å². The van der Waals surface area contributed by atoms with Crippen molar-refractivity contribution in [2.75, 3.05) is 5.73 Å². The van der Waals surface area contributed by atoms with E-state index in [1.54, 1.807) is 23.1 Å². The van der Waals surface area contributed by atoms with E-state index in [0.29, 0.717) is 17.1 Å². The van der Waals surface area contributed by atoms with Crippen molar-refractivity contribution in [3.8, 4) is 11.9 Å². The molecule has 0 saturated heterocycles. The fourth-order valence-electron chi connectivity index (χ4n) is 1.27. The summed E-state index contributed by atoms with van der Waals surface area (Å²) >= 11 is 0. The normalized spacial score (nSPS) is 9.87. The molecule has 2 rings (SSSR count). The van der Waals surface area contributed by atoms with Crippen LogP contribution < -0.4 is 5.73 Å². The quantitative estimate of drug-likeness (QED) is 0.743. The molecule has 2 aromatic heterocycles. The highest BCUT2D eigenvalue weighted by molar-refractivity contribution is 5.51. The van der Waals surface area contributed by atoms with Crippen LogP contribution in [0.4, 0.5) is 5.69 Å². The molecule has 0 radical (unpaired) electrons. The van der Waals surface area contributed by atoms with E-state index in [1.807, 2.05) is 13.0 Å². The molecule has 0 unspecified atom stereocenters. The maximum Gasteiger partial charge on any atom is 0.171 e. The smallest absolute Gasteiger partial charge is 0.171 e. The van der Waals surface area contributed by atoms with Gasteiger partial charge in [-0.15, -0.1) is 0 Å². The zero-order valence-electron chi connectivity index (χ0n) is 8.18. The number of anilines is 1. The molecule has 0 aliphatic carbocycles. The van der Waals surface area contributed by atoms with E-state index in [4.69, 9.17) is 11.0 Å². The van der Waals surface area contributed by atoms with Gasteiger partial charge in [0.15, 0.2) is 5.82 Å². The molecule has 2 aromatic rings. The minimum atomic E-state index is 0.415. The molecule has 0 aliphatic rings. The highest BCUT2D eigenvalue weighted by atomic mass is 15.3. The third-order valence-corrected chi connectivity index (χ3v) is 1.94. The molecular formula is C10H9N5. The molecule has 0 aromatic carbocycles. The second kappa shape index (κ2) is 3.42. The molecule has 0 atom stereocenters. The molecule has 5 heteroatoms. The van der Waals surface area contributed by atoms with Gasteiger partial charge >= 0.3 is 0 Å². The first-order chi connectivity index (χ1) is 7.20. The molecule has 0 fully saturated rings. The van der Waals surface area contributed by atoms with Gasteiger partial charge in [-0.25, -0.2) is 9.67 Å². The minimum absolute atomic E-state index is 0.415. The number of nitrogens with two attached hydrogens (primary N) is 1. The number of nitrogens with zero attached hydrogens (tertiary/aromatic N) is 4. The van der Waals surface area contributed by atoms with Crippen molar-refractivity contribution in [1.82, 2.24) is 14.8 Å². The van der Waals surface area contributed by atoms with E-state index in [9.17, 15) is 0 Å². The van der Waals surface area contributed by atoms with Crippen molar-refractivity contribution in [3.05, 3.63) is 35.8 Å². The number of nitriles is 1. The Balaban J connectivity index is 2.58. The van der Waals surface area contributed by atoms with Gasteiger partial charge in [0.2, 0.25) is 0 Å². The van der Waals surface area contributed by atoms with Crippen LogP contribution in [0.2, 0.25) is 0 Å². The third-order valence-electron chi connectivity index (χ3n) is 1.94. The Morgan fingerprint density at radius 2 is 2.27 bits per heavy atom. The van der Waals surface area contributed by atoms with Gasteiger partial charge in [0.25, 0.3) is 0 Å². The number of pyridine rings is 1. The summed E-state index contributed by atoms with van der Waals surface area (Å²) in [5, 5.41) is 13.0. The van der Waals surface area contributed by atoms with E-state index in [2.05, 4.69) is 10.1 Å². The SMILES string of the molecule is Cc1cnn(-c2ncc(N)cc2C#N)c1. The van der Waals surface area contributed by atoms with E-state index in [0.717, 1.165) is 5.56 Å². The van der Waals surface area contributed by atoms with Crippen LogP contribution in [0.3, 0.4) is 0 Å². The average molecular weight is 199 g/mol. The standard InChI is InChI=1S/C10H9N5/c1-7-4-14-15(6-7)10-8(3-11)2-9(12)5-13-10/h2,4-6H,12H2,1H3. The lowest BCUT2D eigenvalue weighted by atomic mass is 10.2. The van der Waals surface area contributed by atoms with E-state index in [1.165, 1.54) is 6.20 Å². The maximum atomic E-state index is 8.92. The predicted octanol–water partition coefficient (Wildman–Crippen LogP) is 1.03. The van der Waals surface area contributed by atoms with Crippen LogP contribution in [0, 0.1) is 18.3 Å². The molecule has 0 spiro atoms. The molecule has 15 heavy (non-hydrogen) atoms. The van der Waals surface area contributed by atoms with Gasteiger partial charge in [0, 0.05) is 6.20 Å². The summed E-state index contributed by atoms with van der Waals surface area (Å²) in [6.07, 6.45) is 5.02. The molecule has 0 bridgehead atoms. The first-order valence-corrected chi connectivity index (χ1v) is 4.38. The van der Waals surface area contributed by atoms with Crippen LogP contribution in [0.15, 0.2) is 24.7 Å². The van der Waals surface area contributed by atoms with Crippen molar-refractivity contribution >= 4 is 5.69 Å². The molecule has 0 aliphatic heterocycles. The molecule has 2 heterocycles. The Morgan fingerprint density at radius 1 is 1.47 bits per heavy atom. The van der Waals surface area contributed by atoms with Crippen molar-refractivity contribution < 1.29 is 0 Å². The fraction of sp³-hybridized carbons (Fsp3) is 0.100. The van der Waals surface area contributed by atoms with Crippen LogP contribution in [0.1, 0.15) is 11.1 Å². The molecule has 0 amide bonds. The van der Waals surface area contributed by atoms with E-state index < -0.39 is 0 Å². The van der Waals surface area contributed by atoms with Gasteiger partial charge < -0.3 is 5.73 Å². The zero-order chi connectivity index (χ0) is 10.8. The van der Waals surface area contributed by atoms with Gasteiger partial charge in [-0.05, 0) is 18.6 Å². The Labute approximate surface area is 86.8 Å². The van der Waals surface area contributed by atoms with Crippen molar-refractivity contribution in [1.29, 1.82) is 5.26 Å². The lowest BCUT2D eigenvalue weighted by molar-refractivity contribution is 0.843. The van der Waals surface area contributed by atoms with Gasteiger partial charge in [-0.3, -0.25) is 0 Å². The van der Waals surface area contributed by atoms with Gasteiger partial charge in [0.1, 0.15) is 6.07 Å². The lowest BCUT2D eigenvalue weighted by Crippen LogP contribution is -2.02. The Hall–Kier alpha value is -2.35. The number of hydrogen-bond acceptors (Lipinski definition) is 4. The summed E-state index contributed by atoms with van der Waals surface area (Å²) in [5.74, 6) is 0.500. The van der Waals surface area contributed by atoms with Crippen LogP contribution in [-0.2, 0) is 0 Å². The monoisotopic (exact) mass is 199 g/mol. The lowest BCUT2D eigenvalue weighted by Gasteiger charge is -2.02. The van der Waals surface area contributed by atoms with Crippen LogP contribution in [0.25, 0.3) is 5.82 Å². The first-order valence-electron chi connectivity index (χ1n) is 4.38. The largest absolute Gasteiger partial charge is 0.397 e. The highest BCUT2D eigenvalue weighted by Gasteiger charge is 2.07.